The molecule has 1 unspecified atom stereocenters. The van der Waals surface area contributed by atoms with E-state index in [1.807, 2.05) is 54.2 Å². The van der Waals surface area contributed by atoms with Gasteiger partial charge in [0.05, 0.1) is 11.4 Å². The van der Waals surface area contributed by atoms with Crippen LogP contribution in [0.5, 0.6) is 0 Å². The minimum Gasteiger partial charge on any atom is -0.322 e. The number of aryl methyl sites for hydroxylation is 1. The molecule has 3 amide bonds. The van der Waals surface area contributed by atoms with Gasteiger partial charge in [0.2, 0.25) is 11.8 Å². The quantitative estimate of drug-likeness (QED) is 0.642. The van der Waals surface area contributed by atoms with Crippen molar-refractivity contribution in [2.24, 2.45) is 7.05 Å². The molecule has 0 bridgehead atoms. The topological polar surface area (TPSA) is 84.3 Å². The van der Waals surface area contributed by atoms with Crippen LogP contribution < -0.4 is 5.32 Å². The number of imide groups is 1. The zero-order chi connectivity index (χ0) is 21.7. The summed E-state index contributed by atoms with van der Waals surface area (Å²) in [5.74, 6) is -0.881. The number of aromatic nitrogens is 2. The van der Waals surface area contributed by atoms with Gasteiger partial charge in [-0.15, -0.1) is 0 Å². The summed E-state index contributed by atoms with van der Waals surface area (Å²) >= 11 is 5.99. The van der Waals surface area contributed by atoms with Gasteiger partial charge in [0.25, 0.3) is 5.91 Å². The highest BCUT2D eigenvalue weighted by atomic mass is 35.5. The van der Waals surface area contributed by atoms with E-state index in [9.17, 15) is 14.4 Å². The van der Waals surface area contributed by atoms with Gasteiger partial charge in [-0.05, 0) is 47.9 Å². The Bertz CT molecular complexity index is 1230. The van der Waals surface area contributed by atoms with Crippen LogP contribution in [0, 0.1) is 0 Å². The van der Waals surface area contributed by atoms with Crippen LogP contribution in [0.25, 0.3) is 22.5 Å². The number of fused-ring (bicyclic) bond motifs is 1. The lowest BCUT2D eigenvalue weighted by Gasteiger charge is -2.29. The normalized spacial score (nSPS) is 18.3. The van der Waals surface area contributed by atoms with Crippen LogP contribution in [0.1, 0.15) is 28.8 Å². The monoisotopic (exact) mass is 434 g/mol. The molecule has 2 aliphatic rings. The minimum absolute atomic E-state index is 0.182. The largest absolute Gasteiger partial charge is 0.322 e. The second-order valence-electron chi connectivity index (χ2n) is 7.82. The maximum atomic E-state index is 12.9. The molecule has 3 heterocycles. The Morgan fingerprint density at radius 1 is 1.03 bits per heavy atom. The van der Waals surface area contributed by atoms with Crippen LogP contribution >= 0.6 is 11.6 Å². The van der Waals surface area contributed by atoms with Crippen molar-refractivity contribution in [3.05, 3.63) is 64.7 Å². The van der Waals surface area contributed by atoms with Crippen LogP contribution in [0.2, 0.25) is 5.02 Å². The number of nitrogens with zero attached hydrogens (tertiary/aromatic N) is 3. The molecule has 0 radical (unpaired) electrons. The van der Waals surface area contributed by atoms with Gasteiger partial charge in [-0.3, -0.25) is 24.4 Å². The molecule has 1 atom stereocenters. The molecule has 8 heteroatoms. The van der Waals surface area contributed by atoms with Gasteiger partial charge < -0.3 is 4.90 Å². The Balaban J connectivity index is 1.43. The Hall–Kier alpha value is -3.45. The fraction of sp³-hybridized carbons (Fsp3) is 0.217. The number of nitrogens with one attached hydrogen (secondary N) is 1. The van der Waals surface area contributed by atoms with E-state index in [0.717, 1.165) is 28.1 Å². The van der Waals surface area contributed by atoms with Gasteiger partial charge in [-0.25, -0.2) is 0 Å². The summed E-state index contributed by atoms with van der Waals surface area (Å²) in [4.78, 5) is 38.1. The minimum atomic E-state index is -0.618. The second-order valence-corrected chi connectivity index (χ2v) is 8.25. The first kappa shape index (κ1) is 19.5. The number of piperidine rings is 1. The van der Waals surface area contributed by atoms with Crippen molar-refractivity contribution in [3.63, 3.8) is 0 Å². The highest BCUT2D eigenvalue weighted by Crippen LogP contribution is 2.32. The summed E-state index contributed by atoms with van der Waals surface area (Å²) in [7, 11) is 1.88. The third-order valence-corrected chi connectivity index (χ3v) is 6.09. The first-order valence-corrected chi connectivity index (χ1v) is 10.4. The Morgan fingerprint density at radius 2 is 1.77 bits per heavy atom. The van der Waals surface area contributed by atoms with E-state index in [4.69, 9.17) is 11.6 Å². The van der Waals surface area contributed by atoms with Crippen LogP contribution in [0.3, 0.4) is 0 Å². The highest BCUT2D eigenvalue weighted by Gasteiger charge is 2.39. The van der Waals surface area contributed by atoms with E-state index in [0.29, 0.717) is 23.6 Å². The van der Waals surface area contributed by atoms with Gasteiger partial charge in [-0.1, -0.05) is 29.8 Å². The molecule has 3 aromatic rings. The number of carbonyl (C=O) groups excluding carboxylic acids is 3. The molecule has 0 saturated carbocycles. The number of halogens is 1. The molecule has 2 aliphatic heterocycles. The smallest absolute Gasteiger partial charge is 0.255 e. The Morgan fingerprint density at radius 3 is 2.52 bits per heavy atom. The van der Waals surface area contributed by atoms with E-state index in [2.05, 4.69) is 10.4 Å². The van der Waals surface area contributed by atoms with Crippen LogP contribution in [-0.2, 0) is 23.2 Å². The van der Waals surface area contributed by atoms with E-state index in [-0.39, 0.29) is 18.2 Å². The van der Waals surface area contributed by atoms with Gasteiger partial charge in [0, 0.05) is 36.2 Å². The maximum Gasteiger partial charge on any atom is 0.255 e. The third kappa shape index (κ3) is 3.41. The molecular weight excluding hydrogens is 416 g/mol. The average molecular weight is 435 g/mol. The number of benzene rings is 2. The summed E-state index contributed by atoms with van der Waals surface area (Å²) in [6, 6.07) is 14.6. The molecule has 156 valence electrons. The molecule has 31 heavy (non-hydrogen) atoms. The summed E-state index contributed by atoms with van der Waals surface area (Å²) in [5, 5.41) is 7.64. The molecule has 1 saturated heterocycles. The van der Waals surface area contributed by atoms with E-state index in [1.54, 1.807) is 11.0 Å². The van der Waals surface area contributed by atoms with Gasteiger partial charge in [-0.2, -0.15) is 5.10 Å². The van der Waals surface area contributed by atoms with Crippen molar-refractivity contribution in [3.8, 4) is 22.5 Å². The van der Waals surface area contributed by atoms with Crippen LogP contribution in [0.15, 0.2) is 48.5 Å². The van der Waals surface area contributed by atoms with Gasteiger partial charge in [0.1, 0.15) is 6.04 Å². The first-order chi connectivity index (χ1) is 14.9. The molecule has 2 aromatic carbocycles. The number of rotatable bonds is 3. The van der Waals surface area contributed by atoms with Crippen molar-refractivity contribution in [1.29, 1.82) is 0 Å². The molecule has 5 rings (SSSR count). The maximum absolute atomic E-state index is 12.9. The fourth-order valence-electron chi connectivity index (χ4n) is 4.23. The summed E-state index contributed by atoms with van der Waals surface area (Å²) < 4.78 is 1.81. The lowest BCUT2D eigenvalue weighted by molar-refractivity contribution is -0.136. The molecule has 1 fully saturated rings. The van der Waals surface area contributed by atoms with Crippen LogP contribution in [0.4, 0.5) is 0 Å². The fourth-order valence-corrected chi connectivity index (χ4v) is 4.36. The lowest BCUT2D eigenvalue weighted by Crippen LogP contribution is -2.52. The van der Waals surface area contributed by atoms with Crippen molar-refractivity contribution in [2.75, 3.05) is 0 Å². The Kier molecular flexibility index (Phi) is 4.63. The van der Waals surface area contributed by atoms with Crippen molar-refractivity contribution in [1.82, 2.24) is 20.0 Å². The standard InChI is InChI=1S/C23H19ClN4O3/c1-27-20(13-2-5-16(24)6-3-13)11-18(26-27)14-4-7-17-15(10-14)12-28(23(17)31)19-8-9-21(29)25-22(19)30/h2-7,10-11,19H,8-9,12H2,1H3,(H,25,29,30). The molecule has 0 spiro atoms. The van der Waals surface area contributed by atoms with Crippen molar-refractivity contribution in [2.45, 2.75) is 25.4 Å². The lowest BCUT2D eigenvalue weighted by atomic mass is 10.0. The highest BCUT2D eigenvalue weighted by molar-refractivity contribution is 6.30. The number of hydrogen-bond donors (Lipinski definition) is 1. The second kappa shape index (κ2) is 7.35. The van der Waals surface area contributed by atoms with Gasteiger partial charge >= 0.3 is 0 Å². The predicted molar refractivity (Wildman–Crippen MR) is 115 cm³/mol. The molecular formula is C23H19ClN4O3. The Labute approximate surface area is 183 Å². The molecule has 1 aromatic heterocycles. The van der Waals surface area contributed by atoms with Crippen molar-refractivity contribution < 1.29 is 14.4 Å². The third-order valence-electron chi connectivity index (χ3n) is 5.84. The molecule has 1 N–H and O–H groups in total. The summed E-state index contributed by atoms with van der Waals surface area (Å²) in [6.07, 6.45) is 0.588. The zero-order valence-corrected chi connectivity index (χ0v) is 17.5. The predicted octanol–water partition coefficient (Wildman–Crippen LogP) is 3.17. The first-order valence-electron chi connectivity index (χ1n) is 9.98. The summed E-state index contributed by atoms with van der Waals surface area (Å²) in [6.45, 7) is 0.338. The van der Waals surface area contributed by atoms with E-state index in [1.165, 1.54) is 0 Å². The number of amides is 3. The van der Waals surface area contributed by atoms with Gasteiger partial charge in [0.15, 0.2) is 0 Å². The van der Waals surface area contributed by atoms with Crippen LogP contribution in [-0.4, -0.2) is 38.4 Å². The number of carbonyl (C=O) groups is 3. The van der Waals surface area contributed by atoms with E-state index >= 15 is 0 Å². The average Bonchev–Trinajstić information content (AvgIpc) is 3.29. The SMILES string of the molecule is Cn1nc(-c2ccc3c(c2)CN(C2CCC(=O)NC2=O)C3=O)cc1-c1ccc(Cl)cc1. The van der Waals surface area contributed by atoms with Crippen molar-refractivity contribution >= 4 is 29.3 Å². The molecule has 7 nitrogen and oxygen atoms in total. The number of hydrogen-bond acceptors (Lipinski definition) is 4. The zero-order valence-electron chi connectivity index (χ0n) is 16.8. The molecule has 0 aliphatic carbocycles. The van der Waals surface area contributed by atoms with E-state index < -0.39 is 11.9 Å². The summed E-state index contributed by atoms with van der Waals surface area (Å²) in [5.41, 5.74) is 5.09.